The summed E-state index contributed by atoms with van der Waals surface area (Å²) in [5.74, 6) is 0.891. The van der Waals surface area contributed by atoms with Crippen molar-refractivity contribution in [3.05, 3.63) is 24.3 Å². The second-order valence-electron chi connectivity index (χ2n) is 6.92. The van der Waals surface area contributed by atoms with E-state index in [0.717, 1.165) is 44.0 Å². The third-order valence-corrected chi connectivity index (χ3v) is 5.00. The molecule has 0 saturated carbocycles. The highest BCUT2D eigenvalue weighted by Crippen LogP contribution is 2.32. The first-order valence-corrected chi connectivity index (χ1v) is 9.22. The van der Waals surface area contributed by atoms with E-state index in [-0.39, 0.29) is 24.3 Å². The highest BCUT2D eigenvalue weighted by molar-refractivity contribution is 5.74. The number of carbonyl (C=O) groups is 1. The molecule has 0 aromatic heterocycles. The second kappa shape index (κ2) is 7.95. The van der Waals surface area contributed by atoms with E-state index in [4.69, 9.17) is 9.47 Å². The van der Waals surface area contributed by atoms with Crippen LogP contribution in [0.1, 0.15) is 26.7 Å². The molecule has 1 N–H and O–H groups in total. The summed E-state index contributed by atoms with van der Waals surface area (Å²) >= 11 is 0. The quantitative estimate of drug-likeness (QED) is 0.889. The number of amides is 2. The predicted molar refractivity (Wildman–Crippen MR) is 98.3 cm³/mol. The first-order valence-electron chi connectivity index (χ1n) is 9.22. The summed E-state index contributed by atoms with van der Waals surface area (Å²) in [7, 11) is 1.82. The zero-order valence-electron chi connectivity index (χ0n) is 15.4. The minimum absolute atomic E-state index is 0.0255. The minimum Gasteiger partial charge on any atom is -0.485 e. The molecule has 1 saturated heterocycles. The number of nitrogens with one attached hydrogen (secondary N) is 1. The topological polar surface area (TPSA) is 54.0 Å². The Kier molecular flexibility index (Phi) is 5.68. The van der Waals surface area contributed by atoms with Crippen LogP contribution in [0.2, 0.25) is 0 Å². The molecule has 0 radical (unpaired) electrons. The average Bonchev–Trinajstić information content (AvgIpc) is 3.15. The summed E-state index contributed by atoms with van der Waals surface area (Å²) < 4.78 is 11.7. The minimum atomic E-state index is -0.0755. The lowest BCUT2D eigenvalue weighted by atomic mass is 10.1. The van der Waals surface area contributed by atoms with Gasteiger partial charge in [-0.3, -0.25) is 0 Å². The largest absolute Gasteiger partial charge is 0.485 e. The predicted octanol–water partition coefficient (Wildman–Crippen LogP) is 2.48. The van der Waals surface area contributed by atoms with Crippen LogP contribution in [0.4, 0.5) is 10.5 Å². The Bertz CT molecular complexity index is 589. The third kappa shape index (κ3) is 4.18. The molecule has 0 aliphatic carbocycles. The fourth-order valence-electron chi connectivity index (χ4n) is 3.56. The van der Waals surface area contributed by atoms with Crippen molar-refractivity contribution in [3.63, 3.8) is 0 Å². The van der Waals surface area contributed by atoms with E-state index < -0.39 is 0 Å². The fraction of sp³-hybridized carbons (Fsp3) is 0.632. The molecular weight excluding hydrogens is 318 g/mol. The van der Waals surface area contributed by atoms with Gasteiger partial charge in [0.2, 0.25) is 0 Å². The molecule has 1 aromatic carbocycles. The molecule has 6 heteroatoms. The van der Waals surface area contributed by atoms with Gasteiger partial charge in [0.25, 0.3) is 0 Å². The SMILES string of the molecule is CCN1C[C@H](CN(C)C(=O)N[C@H](C)[C@@H]2CCCO2)Oc2ccccc21. The first-order chi connectivity index (χ1) is 12.1. The van der Waals surface area contributed by atoms with E-state index in [1.54, 1.807) is 4.90 Å². The maximum Gasteiger partial charge on any atom is 0.317 e. The Balaban J connectivity index is 1.55. The molecule has 1 fully saturated rings. The zero-order valence-corrected chi connectivity index (χ0v) is 15.4. The maximum absolute atomic E-state index is 12.5. The van der Waals surface area contributed by atoms with Gasteiger partial charge in [-0.05, 0) is 38.8 Å². The van der Waals surface area contributed by atoms with Gasteiger partial charge in [-0.1, -0.05) is 12.1 Å². The van der Waals surface area contributed by atoms with Crippen LogP contribution >= 0.6 is 0 Å². The summed E-state index contributed by atoms with van der Waals surface area (Å²) in [6, 6.07) is 8.02. The summed E-state index contributed by atoms with van der Waals surface area (Å²) in [6.07, 6.45) is 2.18. The van der Waals surface area contributed by atoms with Crippen LogP contribution in [0.5, 0.6) is 5.75 Å². The molecule has 2 aliphatic rings. The molecule has 1 aromatic rings. The van der Waals surface area contributed by atoms with Crippen molar-refractivity contribution >= 4 is 11.7 Å². The van der Waals surface area contributed by atoms with Crippen molar-refractivity contribution in [1.29, 1.82) is 0 Å². The van der Waals surface area contributed by atoms with Crippen molar-refractivity contribution < 1.29 is 14.3 Å². The number of urea groups is 1. The number of ether oxygens (including phenoxy) is 2. The van der Waals surface area contributed by atoms with Crippen LogP contribution in [-0.2, 0) is 4.74 Å². The molecule has 0 bridgehead atoms. The van der Waals surface area contributed by atoms with Gasteiger partial charge < -0.3 is 24.6 Å². The highest BCUT2D eigenvalue weighted by atomic mass is 16.5. The van der Waals surface area contributed by atoms with Crippen LogP contribution in [-0.4, -0.2) is 62.5 Å². The highest BCUT2D eigenvalue weighted by Gasteiger charge is 2.28. The molecule has 6 nitrogen and oxygen atoms in total. The Morgan fingerprint density at radius 2 is 2.24 bits per heavy atom. The summed E-state index contributed by atoms with van der Waals surface area (Å²) in [6.45, 7) is 7.19. The number of carbonyl (C=O) groups excluding carboxylic acids is 1. The van der Waals surface area contributed by atoms with Gasteiger partial charge in [0, 0.05) is 20.2 Å². The number of rotatable bonds is 5. The van der Waals surface area contributed by atoms with Crippen LogP contribution in [0.25, 0.3) is 0 Å². The van der Waals surface area contributed by atoms with E-state index in [0.29, 0.717) is 6.54 Å². The molecule has 0 spiro atoms. The standard InChI is InChI=1S/C19H29N3O3/c1-4-22-13-15(25-18-9-6-5-8-16(18)22)12-21(3)19(23)20-14(2)17-10-7-11-24-17/h5-6,8-9,14-15,17H,4,7,10-13H2,1-3H3,(H,20,23)/t14-,15+,17+/m1/s1. The van der Waals surface area contributed by atoms with Gasteiger partial charge in [-0.15, -0.1) is 0 Å². The van der Waals surface area contributed by atoms with Crippen molar-refractivity contribution in [2.45, 2.75) is 44.9 Å². The van der Waals surface area contributed by atoms with E-state index in [1.807, 2.05) is 32.2 Å². The van der Waals surface area contributed by atoms with E-state index in [2.05, 4.69) is 23.2 Å². The molecule has 2 heterocycles. The zero-order chi connectivity index (χ0) is 17.8. The van der Waals surface area contributed by atoms with E-state index >= 15 is 0 Å². The van der Waals surface area contributed by atoms with Gasteiger partial charge in [-0.2, -0.15) is 0 Å². The van der Waals surface area contributed by atoms with Crippen LogP contribution in [0, 0.1) is 0 Å². The number of likely N-dealkylation sites (N-methyl/N-ethyl adjacent to an activating group) is 2. The molecular formula is C19H29N3O3. The summed E-state index contributed by atoms with van der Waals surface area (Å²) in [4.78, 5) is 16.5. The van der Waals surface area contributed by atoms with Crippen molar-refractivity contribution in [2.75, 3.05) is 38.2 Å². The van der Waals surface area contributed by atoms with Gasteiger partial charge >= 0.3 is 6.03 Å². The molecule has 2 amide bonds. The number of para-hydroxylation sites is 2. The van der Waals surface area contributed by atoms with Crippen LogP contribution < -0.4 is 15.0 Å². The lowest BCUT2D eigenvalue weighted by Crippen LogP contribution is -2.51. The molecule has 2 aliphatic heterocycles. The van der Waals surface area contributed by atoms with E-state index in [9.17, 15) is 4.79 Å². The van der Waals surface area contributed by atoms with Gasteiger partial charge in [-0.25, -0.2) is 4.79 Å². The van der Waals surface area contributed by atoms with Gasteiger partial charge in [0.1, 0.15) is 11.9 Å². The Morgan fingerprint density at radius 3 is 2.96 bits per heavy atom. The Hall–Kier alpha value is -1.95. The number of fused-ring (bicyclic) bond motifs is 1. The smallest absolute Gasteiger partial charge is 0.317 e. The number of hydrogen-bond donors (Lipinski definition) is 1. The van der Waals surface area contributed by atoms with Gasteiger partial charge in [0.15, 0.2) is 0 Å². The molecule has 25 heavy (non-hydrogen) atoms. The third-order valence-electron chi connectivity index (χ3n) is 5.00. The molecule has 3 atom stereocenters. The molecule has 138 valence electrons. The van der Waals surface area contributed by atoms with Gasteiger partial charge in [0.05, 0.1) is 30.9 Å². The van der Waals surface area contributed by atoms with Crippen molar-refractivity contribution in [2.24, 2.45) is 0 Å². The fourth-order valence-corrected chi connectivity index (χ4v) is 3.56. The lowest BCUT2D eigenvalue weighted by molar-refractivity contribution is 0.0822. The van der Waals surface area contributed by atoms with Crippen molar-refractivity contribution in [3.8, 4) is 5.75 Å². The summed E-state index contributed by atoms with van der Waals surface area (Å²) in [5, 5.41) is 3.05. The Labute approximate surface area is 150 Å². The van der Waals surface area contributed by atoms with Crippen LogP contribution in [0.3, 0.4) is 0 Å². The maximum atomic E-state index is 12.5. The van der Waals surface area contributed by atoms with Crippen molar-refractivity contribution in [1.82, 2.24) is 10.2 Å². The molecule has 0 unspecified atom stereocenters. The number of anilines is 1. The van der Waals surface area contributed by atoms with Crippen LogP contribution in [0.15, 0.2) is 24.3 Å². The number of nitrogens with zero attached hydrogens (tertiary/aromatic N) is 2. The number of benzene rings is 1. The second-order valence-corrected chi connectivity index (χ2v) is 6.92. The summed E-state index contributed by atoms with van der Waals surface area (Å²) in [5.41, 5.74) is 1.13. The van der Waals surface area contributed by atoms with E-state index in [1.165, 1.54) is 0 Å². The molecule has 3 rings (SSSR count). The Morgan fingerprint density at radius 1 is 1.44 bits per heavy atom. The monoisotopic (exact) mass is 347 g/mol. The normalized spacial score (nSPS) is 23.6. The first kappa shape index (κ1) is 17.9. The number of hydrogen-bond acceptors (Lipinski definition) is 4. The lowest BCUT2D eigenvalue weighted by Gasteiger charge is -2.37. The average molecular weight is 347 g/mol.